The summed E-state index contributed by atoms with van der Waals surface area (Å²) in [7, 11) is 0. The zero-order chi connectivity index (χ0) is 45.1. The molecule has 4 heterocycles. The quantitative estimate of drug-likeness (QED) is 0.121. The number of nitrogens with zero attached hydrogens (tertiary/aromatic N) is 3. The van der Waals surface area contributed by atoms with E-state index in [4.69, 9.17) is 30.5 Å². The number of aromatic nitrogens is 3. The number of para-hydroxylation sites is 2. The van der Waals surface area contributed by atoms with Crippen LogP contribution in [0.4, 0.5) is 0 Å². The topological polar surface area (TPSA) is 144 Å². The molecule has 13 heteroatoms. The first-order chi connectivity index (χ1) is 30.3. The second kappa shape index (κ2) is 15.1. The van der Waals surface area contributed by atoms with Crippen molar-refractivity contribution in [2.45, 2.75) is 120 Å². The Morgan fingerprint density at radius 2 is 1.27 bits per heavy atom. The number of halogens is 1. The van der Waals surface area contributed by atoms with Crippen molar-refractivity contribution < 1.29 is 38.1 Å². The molecule has 0 N–H and O–H groups in total. The number of Topliss-reactive ketones (excluding diaryl/α,β-unsaturated/α-hetero) is 4. The number of thiazole rings is 1. The minimum absolute atomic E-state index is 0.0633. The van der Waals surface area contributed by atoms with Gasteiger partial charge < -0.3 is 18.9 Å². The lowest BCUT2D eigenvalue weighted by Crippen LogP contribution is -2.59. The smallest absolute Gasteiger partial charge is 0.279 e. The zero-order valence-corrected chi connectivity index (χ0v) is 38.3. The Labute approximate surface area is 379 Å². The second-order valence-electron chi connectivity index (χ2n) is 19.4. The Morgan fingerprint density at radius 3 is 1.95 bits per heavy atom. The number of hydrogen-bond donors (Lipinski definition) is 0. The van der Waals surface area contributed by atoms with Crippen molar-refractivity contribution in [3.05, 3.63) is 112 Å². The van der Waals surface area contributed by atoms with Crippen LogP contribution in [0.3, 0.4) is 0 Å². The molecule has 10 rings (SSSR count). The molecule has 11 nitrogen and oxygen atoms in total. The molecule has 0 amide bonds. The van der Waals surface area contributed by atoms with Gasteiger partial charge in [-0.2, -0.15) is 0 Å². The van der Waals surface area contributed by atoms with E-state index >= 15 is 4.79 Å². The number of carbonyl (C=O) groups is 4. The maximum atomic E-state index is 15.1. The lowest BCUT2D eigenvalue weighted by atomic mass is 9.71. The fraction of sp³-hybridized carbons (Fsp3) is 0.392. The van der Waals surface area contributed by atoms with Gasteiger partial charge >= 0.3 is 0 Å². The van der Waals surface area contributed by atoms with Gasteiger partial charge in [0.25, 0.3) is 5.19 Å². The first kappa shape index (κ1) is 42.5. The van der Waals surface area contributed by atoms with Gasteiger partial charge in [0, 0.05) is 5.02 Å². The van der Waals surface area contributed by atoms with Crippen molar-refractivity contribution in [3.63, 3.8) is 0 Å². The molecule has 2 aliphatic heterocycles. The van der Waals surface area contributed by atoms with Gasteiger partial charge in [0.2, 0.25) is 5.88 Å². The van der Waals surface area contributed by atoms with Crippen LogP contribution in [-0.4, -0.2) is 60.5 Å². The van der Waals surface area contributed by atoms with E-state index in [-0.39, 0.29) is 46.8 Å². The van der Waals surface area contributed by atoms with E-state index in [1.165, 1.54) is 11.3 Å². The summed E-state index contributed by atoms with van der Waals surface area (Å²) < 4.78 is 26.1. The average Bonchev–Trinajstić information content (AvgIpc) is 4.17. The summed E-state index contributed by atoms with van der Waals surface area (Å²) in [6.45, 7) is 12.1. The number of ketones is 4. The fourth-order valence-electron chi connectivity index (χ4n) is 10.0. The van der Waals surface area contributed by atoms with E-state index in [0.29, 0.717) is 51.2 Å². The number of fused-ring (bicyclic) bond motifs is 2. The summed E-state index contributed by atoms with van der Waals surface area (Å²) in [4.78, 5) is 71.8. The Hall–Kier alpha value is -5.40. The summed E-state index contributed by atoms with van der Waals surface area (Å²) in [6.07, 6.45) is 4.48. The van der Waals surface area contributed by atoms with Crippen LogP contribution in [0, 0.1) is 5.92 Å². The molecule has 4 atom stereocenters. The first-order valence-electron chi connectivity index (χ1n) is 21.8. The molecule has 0 spiro atoms. The van der Waals surface area contributed by atoms with Gasteiger partial charge in [-0.05, 0) is 169 Å². The van der Waals surface area contributed by atoms with Crippen molar-refractivity contribution in [2.75, 3.05) is 0 Å². The number of ether oxygens (including phenoxy) is 4. The van der Waals surface area contributed by atoms with Gasteiger partial charge in [-0.3, -0.25) is 19.2 Å². The van der Waals surface area contributed by atoms with E-state index in [1.807, 2.05) is 66.7 Å². The average molecular weight is 898 g/mol. The van der Waals surface area contributed by atoms with Crippen LogP contribution >= 0.6 is 22.9 Å². The third-order valence-electron chi connectivity index (χ3n) is 13.3. The molecule has 0 radical (unpaired) electrons. The molecular weight excluding hydrogens is 850 g/mol. The molecular formula is C51H48ClN3O8S. The van der Waals surface area contributed by atoms with E-state index in [9.17, 15) is 14.4 Å². The minimum atomic E-state index is -1.34. The Morgan fingerprint density at radius 1 is 0.656 bits per heavy atom. The maximum absolute atomic E-state index is 15.1. The van der Waals surface area contributed by atoms with Gasteiger partial charge in [0.1, 0.15) is 45.7 Å². The highest BCUT2D eigenvalue weighted by Gasteiger charge is 2.59. The van der Waals surface area contributed by atoms with Crippen LogP contribution in [0.1, 0.15) is 120 Å². The van der Waals surface area contributed by atoms with E-state index < -0.39 is 34.2 Å². The Bertz CT molecular complexity index is 2930. The number of carbonyl (C=O) groups excluding carboxylic acids is 4. The maximum Gasteiger partial charge on any atom is 0.279 e. The summed E-state index contributed by atoms with van der Waals surface area (Å²) >= 11 is 7.60. The highest BCUT2D eigenvalue weighted by atomic mass is 35.5. The van der Waals surface area contributed by atoms with Crippen molar-refractivity contribution in [1.82, 2.24) is 15.0 Å². The first-order valence-corrected chi connectivity index (χ1v) is 23.0. The van der Waals surface area contributed by atoms with Gasteiger partial charge in [-0.1, -0.05) is 47.2 Å². The SMILES string of the molecule is CC1(C)OC(C)(CC2CC2c2ccc(Oc3cnc4ccccc4n3)cc2C2C(=O)C(C)(C)OC(C)(C)C2=O)C(=O)C(c2cc(Oc3nc4ccc(Cl)cc4s3)ccc2C2CC2)C1=O. The lowest BCUT2D eigenvalue weighted by Gasteiger charge is -2.45. The lowest BCUT2D eigenvalue weighted by molar-refractivity contribution is -0.190. The molecule has 64 heavy (non-hydrogen) atoms. The van der Waals surface area contributed by atoms with Crippen molar-refractivity contribution in [3.8, 4) is 22.6 Å². The molecule has 4 aromatic carbocycles. The van der Waals surface area contributed by atoms with Gasteiger partial charge in [-0.25, -0.2) is 15.0 Å². The standard InChI is InChI=1S/C51H48ClN3O8S/c1-48(2)43(56)41(44(57)49(3,4)62-48)35-22-29(60-40-25-53-36-10-8-9-11-37(36)54-40)16-18-32(35)33-20-27(33)24-51(7)46(59)42(45(58)50(5,6)63-51)34-23-30(15-17-31(34)26-12-13-26)61-47-55-38-19-14-28(52)21-39(38)64-47/h8-11,14-19,21-23,25-27,33,41-42H,12-13,20,24H2,1-7H3. The summed E-state index contributed by atoms with van der Waals surface area (Å²) in [5, 5.41) is 1.03. The molecule has 6 aromatic rings. The van der Waals surface area contributed by atoms with Crippen LogP contribution in [0.2, 0.25) is 5.02 Å². The van der Waals surface area contributed by atoms with Crippen LogP contribution in [0.15, 0.2) is 85.1 Å². The van der Waals surface area contributed by atoms with Crippen molar-refractivity contribution in [2.24, 2.45) is 5.92 Å². The van der Waals surface area contributed by atoms with Crippen molar-refractivity contribution in [1.29, 1.82) is 0 Å². The van der Waals surface area contributed by atoms with E-state index in [1.54, 1.807) is 66.8 Å². The molecule has 0 bridgehead atoms. The monoisotopic (exact) mass is 897 g/mol. The third kappa shape index (κ3) is 7.61. The molecule has 4 fully saturated rings. The number of benzene rings is 4. The highest BCUT2D eigenvalue weighted by Crippen LogP contribution is 2.57. The van der Waals surface area contributed by atoms with E-state index in [0.717, 1.165) is 39.7 Å². The van der Waals surface area contributed by atoms with E-state index in [2.05, 4.69) is 15.0 Å². The Kier molecular flexibility index (Phi) is 10.0. The highest BCUT2D eigenvalue weighted by molar-refractivity contribution is 7.20. The number of rotatable bonds is 10. The largest absolute Gasteiger partial charge is 0.437 e. The molecule has 2 saturated carbocycles. The molecule has 2 aromatic heterocycles. The third-order valence-corrected chi connectivity index (χ3v) is 14.4. The molecule has 4 unspecified atom stereocenters. The van der Waals surface area contributed by atoms with Gasteiger partial charge in [-0.15, -0.1) is 0 Å². The molecule has 4 aliphatic rings. The Balaban J connectivity index is 0.969. The van der Waals surface area contributed by atoms with Crippen LogP contribution < -0.4 is 9.47 Å². The summed E-state index contributed by atoms with van der Waals surface area (Å²) in [6, 6.07) is 24.1. The fourth-order valence-corrected chi connectivity index (χ4v) is 11.1. The second-order valence-corrected chi connectivity index (χ2v) is 20.9. The van der Waals surface area contributed by atoms with Crippen LogP contribution in [-0.2, 0) is 28.7 Å². The summed E-state index contributed by atoms with van der Waals surface area (Å²) in [5.74, 6) is -2.28. The van der Waals surface area contributed by atoms with Crippen molar-refractivity contribution >= 4 is 67.3 Å². The number of hydrogen-bond acceptors (Lipinski definition) is 12. The normalized spacial score (nSPS) is 25.2. The minimum Gasteiger partial charge on any atom is -0.437 e. The molecule has 328 valence electrons. The molecule has 2 saturated heterocycles. The van der Waals surface area contributed by atoms with Gasteiger partial charge in [0.05, 0.1) is 27.4 Å². The van der Waals surface area contributed by atoms with Crippen LogP contribution in [0.25, 0.3) is 21.3 Å². The zero-order valence-electron chi connectivity index (χ0n) is 36.7. The van der Waals surface area contributed by atoms with Gasteiger partial charge in [0.15, 0.2) is 23.1 Å². The predicted octanol–water partition coefficient (Wildman–Crippen LogP) is 11.1. The summed E-state index contributed by atoms with van der Waals surface area (Å²) in [5.41, 5.74) is 0.0166. The molecule has 2 aliphatic carbocycles. The predicted molar refractivity (Wildman–Crippen MR) is 243 cm³/mol. The van der Waals surface area contributed by atoms with Crippen LogP contribution in [0.5, 0.6) is 22.6 Å².